The average Bonchev–Trinajstić information content (AvgIpc) is 3.51. The second-order valence-corrected chi connectivity index (χ2v) is 12.3. The number of ketones is 1. The number of benzene rings is 2. The summed E-state index contributed by atoms with van der Waals surface area (Å²) < 4.78 is 29.8. The van der Waals surface area contributed by atoms with Gasteiger partial charge < -0.3 is 9.73 Å². The van der Waals surface area contributed by atoms with Crippen LogP contribution in [0, 0.1) is 16.7 Å². The zero-order chi connectivity index (χ0) is 25.6. The lowest BCUT2D eigenvalue weighted by molar-refractivity contribution is -0.127. The number of hydrogen-bond donors (Lipinski definition) is 1. The van der Waals surface area contributed by atoms with Gasteiger partial charge in [0.05, 0.1) is 21.9 Å². The molecule has 186 valence electrons. The van der Waals surface area contributed by atoms with Gasteiger partial charge in [0.15, 0.2) is 21.4 Å². The highest BCUT2D eigenvalue weighted by Crippen LogP contribution is 2.49. The fraction of sp³-hybridized carbons (Fsp3) is 0.393. The maximum absolute atomic E-state index is 13.3. The minimum absolute atomic E-state index is 0.0567. The minimum Gasteiger partial charge on any atom is -0.451 e. The third-order valence-corrected chi connectivity index (χ3v) is 8.63. The Bertz CT molecular complexity index is 1500. The molecule has 1 amide bonds. The molecule has 2 aliphatic rings. The first kappa shape index (κ1) is 24.3. The first-order valence-electron chi connectivity index (χ1n) is 12.2. The summed E-state index contributed by atoms with van der Waals surface area (Å²) in [5.74, 6) is -0.381. The Morgan fingerprint density at radius 2 is 1.72 bits per heavy atom. The molecule has 7 nitrogen and oxygen atoms in total. The zero-order valence-electron chi connectivity index (χ0n) is 20.2. The summed E-state index contributed by atoms with van der Waals surface area (Å²) in [7, 11) is -3.34. The Morgan fingerprint density at radius 3 is 2.39 bits per heavy atom. The van der Waals surface area contributed by atoms with Gasteiger partial charge in [0.2, 0.25) is 0 Å². The predicted molar refractivity (Wildman–Crippen MR) is 135 cm³/mol. The maximum Gasteiger partial charge on any atom is 0.287 e. The molecule has 2 fully saturated rings. The van der Waals surface area contributed by atoms with Crippen molar-refractivity contribution in [2.45, 2.75) is 61.8 Å². The Balaban J connectivity index is 1.40. The second kappa shape index (κ2) is 8.90. The van der Waals surface area contributed by atoms with Gasteiger partial charge in [0.1, 0.15) is 5.58 Å². The number of furan rings is 1. The highest BCUT2D eigenvalue weighted by atomic mass is 32.2. The number of hydrogen-bond acceptors (Lipinski definition) is 6. The van der Waals surface area contributed by atoms with Crippen molar-refractivity contribution in [2.75, 3.05) is 6.26 Å². The molecule has 1 aromatic heterocycles. The van der Waals surface area contributed by atoms with E-state index in [9.17, 15) is 23.3 Å². The predicted octanol–water partition coefficient (Wildman–Crippen LogP) is 5.20. The van der Waals surface area contributed by atoms with Gasteiger partial charge >= 0.3 is 0 Å². The zero-order valence-corrected chi connectivity index (χ0v) is 21.0. The van der Waals surface area contributed by atoms with Gasteiger partial charge in [-0.25, -0.2) is 8.42 Å². The van der Waals surface area contributed by atoms with Gasteiger partial charge in [-0.3, -0.25) is 9.59 Å². The highest BCUT2D eigenvalue weighted by molar-refractivity contribution is 7.90. The van der Waals surface area contributed by atoms with Crippen LogP contribution in [0.3, 0.4) is 0 Å². The number of rotatable bonds is 7. The monoisotopic (exact) mass is 504 g/mol. The van der Waals surface area contributed by atoms with Crippen molar-refractivity contribution < 1.29 is 22.4 Å². The van der Waals surface area contributed by atoms with Gasteiger partial charge in [-0.2, -0.15) is 5.26 Å². The van der Waals surface area contributed by atoms with E-state index in [1.54, 1.807) is 30.3 Å². The molecule has 5 rings (SSSR count). The Labute approximate surface area is 210 Å². The Morgan fingerprint density at radius 1 is 1.00 bits per heavy atom. The molecule has 0 unspecified atom stereocenters. The molecular weight excluding hydrogens is 476 g/mol. The van der Waals surface area contributed by atoms with Crippen LogP contribution >= 0.6 is 0 Å². The van der Waals surface area contributed by atoms with Gasteiger partial charge in [-0.15, -0.1) is 0 Å². The van der Waals surface area contributed by atoms with Crippen molar-refractivity contribution in [1.82, 2.24) is 5.32 Å². The van der Waals surface area contributed by atoms with Crippen LogP contribution < -0.4 is 5.32 Å². The molecule has 0 saturated heterocycles. The molecule has 0 aliphatic heterocycles. The largest absolute Gasteiger partial charge is 0.451 e. The average molecular weight is 505 g/mol. The van der Waals surface area contributed by atoms with Crippen LogP contribution in [-0.2, 0) is 14.6 Å². The first-order valence-corrected chi connectivity index (χ1v) is 14.1. The van der Waals surface area contributed by atoms with Crippen molar-refractivity contribution in [3.63, 3.8) is 0 Å². The first-order chi connectivity index (χ1) is 17.1. The number of nitrogens with zero attached hydrogens (tertiary/aromatic N) is 1. The summed E-state index contributed by atoms with van der Waals surface area (Å²) in [4.78, 5) is 26.8. The van der Waals surface area contributed by atoms with E-state index in [4.69, 9.17) is 4.42 Å². The SMILES string of the molecule is CS(=O)(=O)c1cccc(-c2ccc3cc(C(=O)NC4(C(=O)CC5(C#N)CC5)CCCCC4)oc3c2)c1. The molecule has 2 aliphatic carbocycles. The summed E-state index contributed by atoms with van der Waals surface area (Å²) in [5, 5.41) is 13.2. The van der Waals surface area contributed by atoms with E-state index >= 15 is 0 Å². The normalized spacial score (nSPS) is 18.3. The molecule has 8 heteroatoms. The Kier molecular flexibility index (Phi) is 6.00. The fourth-order valence-corrected chi connectivity index (χ4v) is 5.76. The van der Waals surface area contributed by atoms with Crippen molar-refractivity contribution in [3.05, 3.63) is 54.3 Å². The topological polar surface area (TPSA) is 117 Å². The van der Waals surface area contributed by atoms with E-state index in [1.807, 2.05) is 18.2 Å². The van der Waals surface area contributed by atoms with E-state index < -0.39 is 26.7 Å². The molecule has 36 heavy (non-hydrogen) atoms. The number of carbonyl (C=O) groups is 2. The van der Waals surface area contributed by atoms with E-state index in [-0.39, 0.29) is 22.9 Å². The van der Waals surface area contributed by atoms with Crippen LogP contribution in [0.1, 0.15) is 61.9 Å². The second-order valence-electron chi connectivity index (χ2n) is 10.3. The molecule has 0 atom stereocenters. The van der Waals surface area contributed by atoms with Crippen LogP contribution in [0.15, 0.2) is 57.8 Å². The van der Waals surface area contributed by atoms with Gasteiger partial charge in [-0.1, -0.05) is 43.5 Å². The molecule has 0 spiro atoms. The Hall–Kier alpha value is -3.44. The van der Waals surface area contributed by atoms with Crippen LogP contribution in [0.25, 0.3) is 22.1 Å². The van der Waals surface area contributed by atoms with E-state index in [1.165, 1.54) is 6.26 Å². The van der Waals surface area contributed by atoms with Crippen molar-refractivity contribution >= 4 is 32.5 Å². The fourth-order valence-electron chi connectivity index (χ4n) is 5.09. The lowest BCUT2D eigenvalue weighted by Crippen LogP contribution is -2.56. The standard InChI is InChI=1S/C28H28N2O5S/c1-36(33,34)22-7-5-6-19(14-22)20-8-9-21-16-24(35-23(21)15-20)26(32)30-28(10-3-2-4-11-28)25(31)17-27(18-29)12-13-27/h5-9,14-16H,2-4,10-13,17H2,1H3,(H,30,32). The molecule has 1 heterocycles. The molecule has 2 aromatic carbocycles. The summed E-state index contributed by atoms with van der Waals surface area (Å²) >= 11 is 0. The van der Waals surface area contributed by atoms with E-state index in [0.29, 0.717) is 18.4 Å². The molecule has 2 saturated carbocycles. The third-order valence-electron chi connectivity index (χ3n) is 7.52. The molecule has 1 N–H and O–H groups in total. The van der Waals surface area contributed by atoms with E-state index in [0.717, 1.165) is 48.6 Å². The van der Waals surface area contributed by atoms with Crippen LogP contribution in [0.5, 0.6) is 0 Å². The third kappa shape index (κ3) is 4.68. The molecule has 3 aromatic rings. The molecule has 0 bridgehead atoms. The number of fused-ring (bicyclic) bond motifs is 1. The van der Waals surface area contributed by atoms with Crippen molar-refractivity contribution in [3.8, 4) is 17.2 Å². The van der Waals surface area contributed by atoms with Crippen molar-refractivity contribution in [1.29, 1.82) is 5.26 Å². The van der Waals surface area contributed by atoms with Crippen LogP contribution in [-0.4, -0.2) is 31.9 Å². The number of Topliss-reactive ketones (excluding diaryl/α,β-unsaturated/α-hetero) is 1. The number of amides is 1. The summed E-state index contributed by atoms with van der Waals surface area (Å²) in [5.41, 5.74) is 0.460. The van der Waals surface area contributed by atoms with E-state index in [2.05, 4.69) is 11.4 Å². The summed E-state index contributed by atoms with van der Waals surface area (Å²) in [6.07, 6.45) is 6.67. The van der Waals surface area contributed by atoms with Crippen LogP contribution in [0.4, 0.5) is 0 Å². The lowest BCUT2D eigenvalue weighted by Gasteiger charge is -2.37. The molecule has 0 radical (unpaired) electrons. The maximum atomic E-state index is 13.3. The number of nitrogens with one attached hydrogen (secondary N) is 1. The van der Waals surface area contributed by atoms with Crippen LogP contribution in [0.2, 0.25) is 0 Å². The highest BCUT2D eigenvalue weighted by Gasteiger charge is 2.50. The quantitative estimate of drug-likeness (QED) is 0.473. The van der Waals surface area contributed by atoms with Gasteiger partial charge in [0.25, 0.3) is 5.91 Å². The van der Waals surface area contributed by atoms with Crippen molar-refractivity contribution in [2.24, 2.45) is 5.41 Å². The van der Waals surface area contributed by atoms with Gasteiger partial charge in [-0.05, 0) is 61.1 Å². The summed E-state index contributed by atoms with van der Waals surface area (Å²) in [6, 6.07) is 16.1. The molecular formula is C28H28N2O5S. The number of sulfone groups is 1. The number of carbonyl (C=O) groups excluding carboxylic acids is 2. The minimum atomic E-state index is -3.34. The summed E-state index contributed by atoms with van der Waals surface area (Å²) in [6.45, 7) is 0. The lowest BCUT2D eigenvalue weighted by atomic mass is 9.75. The van der Waals surface area contributed by atoms with Gasteiger partial charge in [0, 0.05) is 18.1 Å². The number of nitriles is 1. The smallest absolute Gasteiger partial charge is 0.287 e.